The molecule has 1 N–H and O–H groups in total. The summed E-state index contributed by atoms with van der Waals surface area (Å²) in [5, 5.41) is 2.69. The molecule has 35 heavy (non-hydrogen) atoms. The predicted molar refractivity (Wildman–Crippen MR) is 127 cm³/mol. The van der Waals surface area contributed by atoms with E-state index >= 15 is 0 Å². The number of halogens is 5. The molecular formula is C24H16ClF4N3O2S. The normalized spacial score (nSPS) is 11.6. The van der Waals surface area contributed by atoms with Gasteiger partial charge in [0.05, 0.1) is 34.5 Å². The molecule has 4 aromatic rings. The lowest BCUT2D eigenvalue weighted by atomic mass is 10.1. The van der Waals surface area contributed by atoms with Crippen molar-refractivity contribution in [1.82, 2.24) is 9.55 Å². The van der Waals surface area contributed by atoms with Gasteiger partial charge in [0.1, 0.15) is 5.82 Å². The average molecular weight is 522 g/mol. The molecule has 11 heteroatoms. The Kier molecular flexibility index (Phi) is 7.13. The average Bonchev–Trinajstić information content (AvgIpc) is 2.81. The summed E-state index contributed by atoms with van der Waals surface area (Å²) in [6.45, 7) is 0.0658. The first kappa shape index (κ1) is 24.7. The monoisotopic (exact) mass is 521 g/mol. The van der Waals surface area contributed by atoms with E-state index in [1.165, 1.54) is 34.9 Å². The minimum Gasteiger partial charge on any atom is -0.325 e. The summed E-state index contributed by atoms with van der Waals surface area (Å²) in [7, 11) is 0. The van der Waals surface area contributed by atoms with Crippen LogP contribution in [0.15, 0.2) is 76.7 Å². The second-order valence-electron chi connectivity index (χ2n) is 7.45. The van der Waals surface area contributed by atoms with Crippen molar-refractivity contribution in [1.29, 1.82) is 0 Å². The summed E-state index contributed by atoms with van der Waals surface area (Å²) in [6.07, 6.45) is -4.71. The Balaban J connectivity index is 1.61. The van der Waals surface area contributed by atoms with Crippen LogP contribution in [0.1, 0.15) is 11.1 Å². The fourth-order valence-corrected chi connectivity index (χ4v) is 4.32. The summed E-state index contributed by atoms with van der Waals surface area (Å²) >= 11 is 6.58. The van der Waals surface area contributed by atoms with Gasteiger partial charge in [-0.3, -0.25) is 14.2 Å². The van der Waals surface area contributed by atoms with Crippen LogP contribution in [0.25, 0.3) is 10.9 Å². The van der Waals surface area contributed by atoms with Gasteiger partial charge in [0, 0.05) is 5.02 Å². The fraction of sp³-hybridized carbons (Fsp3) is 0.125. The van der Waals surface area contributed by atoms with Crippen LogP contribution in [0.2, 0.25) is 5.02 Å². The van der Waals surface area contributed by atoms with E-state index in [1.807, 2.05) is 0 Å². The third-order valence-corrected chi connectivity index (χ3v) is 6.19. The number of fused-ring (bicyclic) bond motifs is 1. The van der Waals surface area contributed by atoms with Crippen molar-refractivity contribution in [2.45, 2.75) is 17.9 Å². The Morgan fingerprint density at radius 1 is 1.06 bits per heavy atom. The molecule has 0 bridgehead atoms. The maximum Gasteiger partial charge on any atom is 0.418 e. The topological polar surface area (TPSA) is 64.0 Å². The van der Waals surface area contributed by atoms with Crippen LogP contribution in [-0.4, -0.2) is 21.2 Å². The second-order valence-corrected chi connectivity index (χ2v) is 8.83. The number of anilines is 1. The van der Waals surface area contributed by atoms with E-state index < -0.39 is 29.2 Å². The summed E-state index contributed by atoms with van der Waals surface area (Å²) < 4.78 is 54.6. The van der Waals surface area contributed by atoms with Crippen molar-refractivity contribution < 1.29 is 22.4 Å². The molecule has 3 aromatic carbocycles. The highest BCUT2D eigenvalue weighted by Crippen LogP contribution is 2.36. The largest absolute Gasteiger partial charge is 0.418 e. The molecule has 4 rings (SSSR count). The van der Waals surface area contributed by atoms with Gasteiger partial charge in [-0.05, 0) is 48.0 Å². The van der Waals surface area contributed by atoms with Gasteiger partial charge in [0.2, 0.25) is 5.91 Å². The van der Waals surface area contributed by atoms with Crippen molar-refractivity contribution in [3.8, 4) is 0 Å². The first-order valence-electron chi connectivity index (χ1n) is 10.2. The summed E-state index contributed by atoms with van der Waals surface area (Å²) in [6, 6.07) is 15.3. The second kappa shape index (κ2) is 10.1. The lowest BCUT2D eigenvalue weighted by Crippen LogP contribution is -2.25. The summed E-state index contributed by atoms with van der Waals surface area (Å²) in [5.41, 5.74) is -0.816. The molecule has 1 amide bonds. The number of para-hydroxylation sites is 1. The van der Waals surface area contributed by atoms with E-state index in [2.05, 4.69) is 10.3 Å². The van der Waals surface area contributed by atoms with E-state index in [9.17, 15) is 27.2 Å². The molecule has 0 fully saturated rings. The number of aromatic nitrogens is 2. The van der Waals surface area contributed by atoms with E-state index in [0.717, 1.165) is 23.9 Å². The first-order chi connectivity index (χ1) is 16.6. The van der Waals surface area contributed by atoms with Crippen molar-refractivity contribution >= 4 is 45.9 Å². The zero-order valence-corrected chi connectivity index (χ0v) is 19.3. The summed E-state index contributed by atoms with van der Waals surface area (Å²) in [5.74, 6) is -1.46. The molecule has 0 aliphatic carbocycles. The molecule has 180 valence electrons. The number of nitrogens with one attached hydrogen (secondary N) is 1. The third-order valence-electron chi connectivity index (χ3n) is 4.97. The van der Waals surface area contributed by atoms with Gasteiger partial charge in [0.25, 0.3) is 5.56 Å². The minimum atomic E-state index is -4.71. The van der Waals surface area contributed by atoms with E-state index in [0.29, 0.717) is 16.5 Å². The zero-order valence-electron chi connectivity index (χ0n) is 17.8. The SMILES string of the molecule is O=C(CSc1nc2ccccc2c(=O)n1Cc1ccc(F)cc1)Nc1ccc(Cl)cc1C(F)(F)F. The molecule has 0 saturated carbocycles. The molecular weight excluding hydrogens is 506 g/mol. The number of thioether (sulfide) groups is 1. The van der Waals surface area contributed by atoms with Gasteiger partial charge in [-0.15, -0.1) is 0 Å². The molecule has 1 heterocycles. The Morgan fingerprint density at radius 2 is 1.77 bits per heavy atom. The summed E-state index contributed by atoms with van der Waals surface area (Å²) in [4.78, 5) is 30.1. The standard InChI is InChI=1S/C24H16ClF4N3O2S/c25-15-7-10-20(18(11-15)24(27,28)29)30-21(33)13-35-23-31-19-4-2-1-3-17(19)22(34)32(23)12-14-5-8-16(26)9-6-14/h1-11H,12-13H2,(H,30,33). The maximum atomic E-state index is 13.3. The van der Waals surface area contributed by atoms with E-state index in [-0.39, 0.29) is 28.0 Å². The number of nitrogens with zero attached hydrogens (tertiary/aromatic N) is 2. The van der Waals surface area contributed by atoms with Gasteiger partial charge in [-0.25, -0.2) is 9.37 Å². The van der Waals surface area contributed by atoms with Crippen molar-refractivity contribution in [2.75, 3.05) is 11.1 Å². The number of hydrogen-bond acceptors (Lipinski definition) is 4. The van der Waals surface area contributed by atoms with Crippen molar-refractivity contribution in [2.24, 2.45) is 0 Å². The predicted octanol–water partition coefficient (Wildman–Crippen LogP) is 5.99. The lowest BCUT2D eigenvalue weighted by Gasteiger charge is -2.15. The minimum absolute atomic E-state index is 0.0658. The van der Waals surface area contributed by atoms with Crippen LogP contribution in [0.5, 0.6) is 0 Å². The van der Waals surface area contributed by atoms with Crippen molar-refractivity contribution in [3.05, 3.63) is 99.1 Å². The van der Waals surface area contributed by atoms with Gasteiger partial charge < -0.3 is 5.32 Å². The molecule has 0 aliphatic heterocycles. The number of carbonyl (C=O) groups excluding carboxylic acids is 1. The van der Waals surface area contributed by atoms with Crippen LogP contribution < -0.4 is 10.9 Å². The Bertz CT molecular complexity index is 1460. The molecule has 1 aromatic heterocycles. The van der Waals surface area contributed by atoms with Crippen LogP contribution in [-0.2, 0) is 17.5 Å². The molecule has 0 saturated heterocycles. The molecule has 0 unspecified atom stereocenters. The number of alkyl halides is 3. The number of hydrogen-bond donors (Lipinski definition) is 1. The lowest BCUT2D eigenvalue weighted by molar-refractivity contribution is -0.137. The van der Waals surface area contributed by atoms with Crippen molar-refractivity contribution in [3.63, 3.8) is 0 Å². The van der Waals surface area contributed by atoms with E-state index in [1.54, 1.807) is 24.3 Å². The maximum absolute atomic E-state index is 13.3. The number of rotatable bonds is 6. The quantitative estimate of drug-likeness (QED) is 0.192. The molecule has 5 nitrogen and oxygen atoms in total. The van der Waals surface area contributed by atoms with Gasteiger partial charge in [-0.1, -0.05) is 47.6 Å². The van der Waals surface area contributed by atoms with Crippen LogP contribution in [0.4, 0.5) is 23.2 Å². The smallest absolute Gasteiger partial charge is 0.325 e. The first-order valence-corrected chi connectivity index (χ1v) is 11.5. The highest BCUT2D eigenvalue weighted by Gasteiger charge is 2.34. The third kappa shape index (κ3) is 5.83. The highest BCUT2D eigenvalue weighted by atomic mass is 35.5. The van der Waals surface area contributed by atoms with Gasteiger partial charge >= 0.3 is 6.18 Å². The van der Waals surface area contributed by atoms with Gasteiger partial charge in [0.15, 0.2) is 5.16 Å². The molecule has 0 atom stereocenters. The molecule has 0 radical (unpaired) electrons. The Hall–Kier alpha value is -3.37. The zero-order chi connectivity index (χ0) is 25.2. The number of benzene rings is 3. The Morgan fingerprint density at radius 3 is 2.49 bits per heavy atom. The Labute approximate surface area is 205 Å². The fourth-order valence-electron chi connectivity index (χ4n) is 3.35. The van der Waals surface area contributed by atoms with Gasteiger partial charge in [-0.2, -0.15) is 13.2 Å². The van der Waals surface area contributed by atoms with Crippen LogP contribution in [0, 0.1) is 5.82 Å². The number of carbonyl (C=O) groups is 1. The van der Waals surface area contributed by atoms with Crippen LogP contribution in [0.3, 0.4) is 0 Å². The van der Waals surface area contributed by atoms with E-state index in [4.69, 9.17) is 11.6 Å². The van der Waals surface area contributed by atoms with Crippen LogP contribution >= 0.6 is 23.4 Å². The number of amides is 1. The molecule has 0 spiro atoms. The highest BCUT2D eigenvalue weighted by molar-refractivity contribution is 7.99. The molecule has 0 aliphatic rings.